The van der Waals surface area contributed by atoms with Crippen molar-refractivity contribution in [1.29, 1.82) is 0 Å². The summed E-state index contributed by atoms with van der Waals surface area (Å²) in [4.78, 5) is 13.3. The van der Waals surface area contributed by atoms with Crippen LogP contribution in [0.3, 0.4) is 0 Å². The zero-order valence-electron chi connectivity index (χ0n) is 7.75. The topological polar surface area (TPSA) is 29.5 Å². The predicted molar refractivity (Wildman–Crippen MR) is 49.8 cm³/mol. The highest BCUT2D eigenvalue weighted by atomic mass is 35.5. The number of ether oxygens (including phenoxy) is 1. The van der Waals surface area contributed by atoms with Crippen LogP contribution < -0.4 is 0 Å². The minimum absolute atomic E-state index is 0.0112. The summed E-state index contributed by atoms with van der Waals surface area (Å²) in [7, 11) is 0. The lowest BCUT2D eigenvalue weighted by Crippen LogP contribution is -2.49. The van der Waals surface area contributed by atoms with Crippen molar-refractivity contribution >= 4 is 17.5 Å². The maximum atomic E-state index is 11.4. The number of nitrogens with zero attached hydrogens (tertiary/aromatic N) is 1. The zero-order chi connectivity index (χ0) is 9.47. The van der Waals surface area contributed by atoms with Crippen LogP contribution in [0.4, 0.5) is 0 Å². The first-order valence-corrected chi connectivity index (χ1v) is 5.02. The van der Waals surface area contributed by atoms with Gasteiger partial charge in [-0.2, -0.15) is 0 Å². The van der Waals surface area contributed by atoms with Crippen LogP contribution in [0.1, 0.15) is 13.3 Å². The van der Waals surface area contributed by atoms with Crippen LogP contribution in [0.5, 0.6) is 0 Å². The van der Waals surface area contributed by atoms with E-state index in [-0.39, 0.29) is 16.7 Å². The number of likely N-dealkylation sites (tertiary alicyclic amines) is 1. The van der Waals surface area contributed by atoms with Gasteiger partial charge in [-0.3, -0.25) is 4.79 Å². The van der Waals surface area contributed by atoms with E-state index in [1.165, 1.54) is 0 Å². The maximum Gasteiger partial charge on any atom is 0.224 e. The Labute approximate surface area is 83.0 Å². The van der Waals surface area contributed by atoms with Gasteiger partial charge in [-0.15, -0.1) is 11.6 Å². The van der Waals surface area contributed by atoms with Crippen LogP contribution in [0.15, 0.2) is 0 Å². The summed E-state index contributed by atoms with van der Waals surface area (Å²) >= 11 is 5.90. The number of alkyl halides is 1. The fraction of sp³-hybridized carbons (Fsp3) is 0.889. The molecule has 0 spiro atoms. The Hall–Kier alpha value is -0.280. The Bertz CT molecular complexity index is 228. The molecule has 0 aromatic heterocycles. The third-order valence-electron chi connectivity index (χ3n) is 2.64. The molecule has 1 unspecified atom stereocenters. The number of hydrogen-bond acceptors (Lipinski definition) is 2. The molecule has 2 fully saturated rings. The maximum absolute atomic E-state index is 11.4. The van der Waals surface area contributed by atoms with Gasteiger partial charge in [0.25, 0.3) is 0 Å². The highest BCUT2D eigenvalue weighted by molar-refractivity contribution is 6.22. The summed E-state index contributed by atoms with van der Waals surface area (Å²) < 4.78 is 5.14. The van der Waals surface area contributed by atoms with Gasteiger partial charge >= 0.3 is 0 Å². The molecule has 1 atom stereocenters. The van der Waals surface area contributed by atoms with Gasteiger partial charge in [-0.1, -0.05) is 6.92 Å². The third kappa shape index (κ3) is 1.81. The van der Waals surface area contributed by atoms with Crippen LogP contribution in [0.25, 0.3) is 0 Å². The molecule has 0 radical (unpaired) electrons. The molecule has 0 saturated carbocycles. The lowest BCUT2D eigenvalue weighted by molar-refractivity contribution is -0.140. The standard InChI is InChI=1S/C9H14ClNO2/c1-9(5-13-6-9)4-11-3-7(10)2-8(11)12/h7H,2-6H2,1H3. The summed E-state index contributed by atoms with van der Waals surface area (Å²) in [6.07, 6.45) is 0.499. The number of carbonyl (C=O) groups excluding carboxylic acids is 1. The van der Waals surface area contributed by atoms with Crippen molar-refractivity contribution in [2.45, 2.75) is 18.7 Å². The molecule has 4 heteroatoms. The Balaban J connectivity index is 1.91. The molecule has 13 heavy (non-hydrogen) atoms. The van der Waals surface area contributed by atoms with Gasteiger partial charge in [-0.05, 0) is 0 Å². The molecule has 0 bridgehead atoms. The molecule has 2 saturated heterocycles. The van der Waals surface area contributed by atoms with Gasteiger partial charge in [0.1, 0.15) is 0 Å². The summed E-state index contributed by atoms with van der Waals surface area (Å²) in [5, 5.41) is 0.0112. The van der Waals surface area contributed by atoms with Crippen molar-refractivity contribution in [3.63, 3.8) is 0 Å². The van der Waals surface area contributed by atoms with E-state index in [1.807, 2.05) is 4.90 Å². The van der Waals surface area contributed by atoms with Crippen LogP contribution >= 0.6 is 11.6 Å². The van der Waals surface area contributed by atoms with E-state index in [9.17, 15) is 4.79 Å². The first kappa shape index (κ1) is 9.28. The Morgan fingerprint density at radius 2 is 2.38 bits per heavy atom. The number of halogens is 1. The molecule has 2 aliphatic heterocycles. The molecule has 2 aliphatic rings. The Morgan fingerprint density at radius 1 is 1.69 bits per heavy atom. The molecule has 0 aromatic carbocycles. The van der Waals surface area contributed by atoms with Gasteiger partial charge in [0.05, 0.1) is 18.6 Å². The van der Waals surface area contributed by atoms with E-state index < -0.39 is 0 Å². The monoisotopic (exact) mass is 203 g/mol. The minimum atomic E-state index is 0.0112. The second-order valence-electron chi connectivity index (χ2n) is 4.38. The van der Waals surface area contributed by atoms with E-state index >= 15 is 0 Å². The van der Waals surface area contributed by atoms with Crippen molar-refractivity contribution in [2.75, 3.05) is 26.3 Å². The molecule has 3 nitrogen and oxygen atoms in total. The van der Waals surface area contributed by atoms with Gasteiger partial charge in [0.15, 0.2) is 0 Å². The molecule has 0 N–H and O–H groups in total. The summed E-state index contributed by atoms with van der Waals surface area (Å²) in [5.41, 5.74) is 0.177. The van der Waals surface area contributed by atoms with E-state index in [0.29, 0.717) is 13.0 Å². The van der Waals surface area contributed by atoms with Gasteiger partial charge in [0, 0.05) is 24.9 Å². The summed E-state index contributed by atoms with van der Waals surface area (Å²) in [6.45, 7) is 5.18. The largest absolute Gasteiger partial charge is 0.380 e. The van der Waals surface area contributed by atoms with Crippen LogP contribution in [-0.4, -0.2) is 42.5 Å². The SMILES string of the molecule is CC1(CN2CC(Cl)CC2=O)COC1. The molecule has 2 rings (SSSR count). The van der Waals surface area contributed by atoms with Gasteiger partial charge in [0.2, 0.25) is 5.91 Å². The molecule has 74 valence electrons. The molecular weight excluding hydrogens is 190 g/mol. The van der Waals surface area contributed by atoms with Gasteiger partial charge < -0.3 is 9.64 Å². The fourth-order valence-electron chi connectivity index (χ4n) is 1.88. The fourth-order valence-corrected chi connectivity index (χ4v) is 2.18. The third-order valence-corrected chi connectivity index (χ3v) is 2.93. The summed E-state index contributed by atoms with van der Waals surface area (Å²) in [6, 6.07) is 0. The molecular formula is C9H14ClNO2. The van der Waals surface area contributed by atoms with E-state index in [0.717, 1.165) is 19.8 Å². The highest BCUT2D eigenvalue weighted by Gasteiger charge is 2.39. The number of carbonyl (C=O) groups is 1. The van der Waals surface area contributed by atoms with Crippen molar-refractivity contribution < 1.29 is 9.53 Å². The number of hydrogen-bond donors (Lipinski definition) is 0. The zero-order valence-corrected chi connectivity index (χ0v) is 8.51. The second kappa shape index (κ2) is 3.14. The van der Waals surface area contributed by atoms with E-state index in [4.69, 9.17) is 16.3 Å². The highest BCUT2D eigenvalue weighted by Crippen LogP contribution is 2.29. The number of rotatable bonds is 2. The van der Waals surface area contributed by atoms with Crippen molar-refractivity contribution in [3.8, 4) is 0 Å². The quantitative estimate of drug-likeness (QED) is 0.624. The van der Waals surface area contributed by atoms with Crippen LogP contribution in [0, 0.1) is 5.41 Å². The average Bonchev–Trinajstić information content (AvgIpc) is 2.27. The van der Waals surface area contributed by atoms with Crippen LogP contribution in [0.2, 0.25) is 0 Å². The molecule has 0 aliphatic carbocycles. The molecule has 0 aromatic rings. The first-order chi connectivity index (χ1) is 6.09. The van der Waals surface area contributed by atoms with E-state index in [1.54, 1.807) is 0 Å². The Kier molecular flexibility index (Phi) is 2.24. The van der Waals surface area contributed by atoms with Gasteiger partial charge in [-0.25, -0.2) is 0 Å². The number of amides is 1. The molecule has 1 amide bonds. The van der Waals surface area contributed by atoms with Crippen molar-refractivity contribution in [2.24, 2.45) is 5.41 Å². The summed E-state index contributed by atoms with van der Waals surface area (Å²) in [5.74, 6) is 0.188. The van der Waals surface area contributed by atoms with Crippen LogP contribution in [-0.2, 0) is 9.53 Å². The lowest BCUT2D eigenvalue weighted by Gasteiger charge is -2.40. The van der Waals surface area contributed by atoms with Crippen molar-refractivity contribution in [3.05, 3.63) is 0 Å². The minimum Gasteiger partial charge on any atom is -0.380 e. The smallest absolute Gasteiger partial charge is 0.224 e. The van der Waals surface area contributed by atoms with E-state index in [2.05, 4.69) is 6.92 Å². The lowest BCUT2D eigenvalue weighted by atomic mass is 9.88. The molecule has 2 heterocycles. The first-order valence-electron chi connectivity index (χ1n) is 4.59. The average molecular weight is 204 g/mol. The second-order valence-corrected chi connectivity index (χ2v) is 5.00. The van der Waals surface area contributed by atoms with Crippen molar-refractivity contribution in [1.82, 2.24) is 4.90 Å². The Morgan fingerprint density at radius 3 is 2.77 bits per heavy atom. The normalized spacial score (nSPS) is 32.0. The predicted octanol–water partition coefficient (Wildman–Crippen LogP) is 0.863.